The number of rotatable bonds is 4. The maximum atomic E-state index is 11.7. The van der Waals surface area contributed by atoms with E-state index in [0.717, 1.165) is 0 Å². The fourth-order valence-electron chi connectivity index (χ4n) is 1.57. The molecular weight excluding hydrogens is 262 g/mol. The number of ether oxygens (including phenoxy) is 2. The van der Waals surface area contributed by atoms with E-state index in [9.17, 15) is 9.59 Å². The number of esters is 1. The van der Waals surface area contributed by atoms with Crippen molar-refractivity contribution in [3.63, 3.8) is 0 Å². The van der Waals surface area contributed by atoms with Gasteiger partial charge in [0.15, 0.2) is 0 Å². The lowest BCUT2D eigenvalue weighted by Gasteiger charge is -2.22. The molecule has 1 aromatic heterocycles. The summed E-state index contributed by atoms with van der Waals surface area (Å²) < 4.78 is 11.4. The quantitative estimate of drug-likeness (QED) is 0.834. The predicted molar refractivity (Wildman–Crippen MR) is 72.1 cm³/mol. The molecule has 0 aliphatic rings. The molecule has 1 N–H and O–H groups in total. The Kier molecular flexibility index (Phi) is 5.12. The molecule has 20 heavy (non-hydrogen) atoms. The highest BCUT2D eigenvalue weighted by atomic mass is 16.6. The largest absolute Gasteiger partial charge is 0.467 e. The summed E-state index contributed by atoms with van der Waals surface area (Å²) in [4.78, 5) is 23.4. The molecule has 0 aliphatic heterocycles. The number of carbonyl (C=O) groups excluding carboxylic acids is 2. The van der Waals surface area contributed by atoms with Crippen molar-refractivity contribution in [2.75, 3.05) is 7.11 Å². The molecule has 0 radical (unpaired) electrons. The highest BCUT2D eigenvalue weighted by molar-refractivity contribution is 5.81. The van der Waals surface area contributed by atoms with Gasteiger partial charge in [-0.2, -0.15) is 5.10 Å². The molecule has 7 nitrogen and oxygen atoms in total. The van der Waals surface area contributed by atoms with Gasteiger partial charge in [0, 0.05) is 19.7 Å². The van der Waals surface area contributed by atoms with Crippen molar-refractivity contribution in [3.05, 3.63) is 18.0 Å². The molecule has 1 amide bonds. The van der Waals surface area contributed by atoms with Crippen LogP contribution in [0.15, 0.2) is 12.3 Å². The van der Waals surface area contributed by atoms with E-state index in [1.54, 1.807) is 44.8 Å². The summed E-state index contributed by atoms with van der Waals surface area (Å²) >= 11 is 0. The summed E-state index contributed by atoms with van der Waals surface area (Å²) in [6, 6.07) is 0.942. The second kappa shape index (κ2) is 6.40. The van der Waals surface area contributed by atoms with Gasteiger partial charge in [-0.1, -0.05) is 0 Å². The fourth-order valence-corrected chi connectivity index (χ4v) is 1.57. The van der Waals surface area contributed by atoms with Gasteiger partial charge in [-0.3, -0.25) is 4.68 Å². The number of nitrogens with zero attached hydrogens (tertiary/aromatic N) is 2. The van der Waals surface area contributed by atoms with E-state index in [-0.39, 0.29) is 6.42 Å². The summed E-state index contributed by atoms with van der Waals surface area (Å²) in [7, 11) is 3.04. The third kappa shape index (κ3) is 5.29. The van der Waals surface area contributed by atoms with Crippen LogP contribution in [-0.2, 0) is 27.7 Å². The number of hydrogen-bond donors (Lipinski definition) is 1. The van der Waals surface area contributed by atoms with Gasteiger partial charge in [0.25, 0.3) is 0 Å². The van der Waals surface area contributed by atoms with Crippen LogP contribution in [0.2, 0.25) is 0 Å². The second-order valence-electron chi connectivity index (χ2n) is 5.41. The Labute approximate surface area is 118 Å². The van der Waals surface area contributed by atoms with Gasteiger partial charge in [-0.15, -0.1) is 0 Å². The van der Waals surface area contributed by atoms with E-state index in [1.807, 2.05) is 0 Å². The van der Waals surface area contributed by atoms with Gasteiger partial charge in [-0.05, 0) is 26.8 Å². The number of amides is 1. The summed E-state index contributed by atoms with van der Waals surface area (Å²) in [5.74, 6) is -0.540. The number of carbonyl (C=O) groups is 2. The summed E-state index contributed by atoms with van der Waals surface area (Å²) in [5, 5.41) is 6.66. The molecule has 1 rings (SSSR count). The minimum absolute atomic E-state index is 0.243. The number of aromatic nitrogens is 2. The first kappa shape index (κ1) is 16.0. The molecular formula is C13H21N3O4. The smallest absolute Gasteiger partial charge is 0.408 e. The van der Waals surface area contributed by atoms with Gasteiger partial charge in [0.1, 0.15) is 11.6 Å². The molecule has 0 saturated heterocycles. The lowest BCUT2D eigenvalue weighted by molar-refractivity contribution is -0.143. The lowest BCUT2D eigenvalue weighted by Crippen LogP contribution is -2.45. The Bertz CT molecular complexity index is 476. The van der Waals surface area contributed by atoms with Crippen LogP contribution < -0.4 is 5.32 Å². The number of methoxy groups -OCH3 is 1. The number of hydrogen-bond acceptors (Lipinski definition) is 5. The molecule has 1 aromatic rings. The molecule has 0 fully saturated rings. The molecule has 0 saturated carbocycles. The Morgan fingerprint density at radius 1 is 1.45 bits per heavy atom. The van der Waals surface area contributed by atoms with E-state index >= 15 is 0 Å². The van der Waals surface area contributed by atoms with Crippen molar-refractivity contribution < 1.29 is 19.1 Å². The minimum Gasteiger partial charge on any atom is -0.467 e. The van der Waals surface area contributed by atoms with Crippen LogP contribution in [0, 0.1) is 0 Å². The van der Waals surface area contributed by atoms with Crippen molar-refractivity contribution in [1.29, 1.82) is 0 Å². The van der Waals surface area contributed by atoms with Gasteiger partial charge < -0.3 is 14.8 Å². The lowest BCUT2D eigenvalue weighted by atomic mass is 10.1. The van der Waals surface area contributed by atoms with Gasteiger partial charge in [0.05, 0.1) is 12.8 Å². The third-order valence-corrected chi connectivity index (χ3v) is 2.36. The zero-order valence-electron chi connectivity index (χ0n) is 12.5. The molecule has 0 aliphatic carbocycles. The summed E-state index contributed by atoms with van der Waals surface area (Å²) in [5.41, 5.74) is 0.0504. The van der Waals surface area contributed by atoms with Crippen molar-refractivity contribution in [3.8, 4) is 0 Å². The maximum Gasteiger partial charge on any atom is 0.408 e. The van der Waals surface area contributed by atoms with Gasteiger partial charge in [-0.25, -0.2) is 9.59 Å². The molecule has 1 heterocycles. The van der Waals surface area contributed by atoms with Gasteiger partial charge in [0.2, 0.25) is 0 Å². The van der Waals surface area contributed by atoms with Crippen molar-refractivity contribution in [2.24, 2.45) is 7.05 Å². The van der Waals surface area contributed by atoms with Crippen molar-refractivity contribution in [1.82, 2.24) is 15.1 Å². The molecule has 0 bridgehead atoms. The Morgan fingerprint density at radius 2 is 2.10 bits per heavy atom. The normalized spacial score (nSPS) is 12.7. The van der Waals surface area contributed by atoms with Crippen LogP contribution in [0.1, 0.15) is 26.5 Å². The minimum atomic E-state index is -0.829. The fraction of sp³-hybridized carbons (Fsp3) is 0.615. The monoisotopic (exact) mass is 283 g/mol. The highest BCUT2D eigenvalue weighted by Crippen LogP contribution is 2.08. The Hall–Kier alpha value is -2.05. The van der Waals surface area contributed by atoms with E-state index in [1.165, 1.54) is 7.11 Å². The molecule has 7 heteroatoms. The van der Waals surface area contributed by atoms with E-state index < -0.39 is 23.7 Å². The summed E-state index contributed by atoms with van der Waals surface area (Å²) in [6.45, 7) is 5.25. The summed E-state index contributed by atoms with van der Waals surface area (Å²) in [6.07, 6.45) is 1.34. The average molecular weight is 283 g/mol. The molecule has 0 spiro atoms. The third-order valence-electron chi connectivity index (χ3n) is 2.36. The first-order valence-electron chi connectivity index (χ1n) is 6.27. The number of nitrogens with one attached hydrogen (secondary N) is 1. The van der Waals surface area contributed by atoms with Crippen LogP contribution in [0.3, 0.4) is 0 Å². The molecule has 0 aromatic carbocycles. The molecule has 0 unspecified atom stereocenters. The van der Waals surface area contributed by atoms with E-state index in [0.29, 0.717) is 5.69 Å². The van der Waals surface area contributed by atoms with Crippen LogP contribution in [0.25, 0.3) is 0 Å². The number of alkyl carbamates (subject to hydrolysis) is 1. The highest BCUT2D eigenvalue weighted by Gasteiger charge is 2.25. The first-order chi connectivity index (χ1) is 9.21. The number of aryl methyl sites for hydroxylation is 1. The van der Waals surface area contributed by atoms with E-state index in [2.05, 4.69) is 15.2 Å². The van der Waals surface area contributed by atoms with Gasteiger partial charge >= 0.3 is 12.1 Å². The topological polar surface area (TPSA) is 82.5 Å². The first-order valence-corrected chi connectivity index (χ1v) is 6.27. The van der Waals surface area contributed by atoms with Crippen molar-refractivity contribution in [2.45, 2.75) is 38.8 Å². The van der Waals surface area contributed by atoms with Crippen LogP contribution in [0.5, 0.6) is 0 Å². The van der Waals surface area contributed by atoms with Crippen LogP contribution in [0.4, 0.5) is 4.79 Å². The Balaban J connectivity index is 2.70. The zero-order valence-corrected chi connectivity index (χ0v) is 12.5. The van der Waals surface area contributed by atoms with Crippen LogP contribution >= 0.6 is 0 Å². The second-order valence-corrected chi connectivity index (χ2v) is 5.41. The zero-order chi connectivity index (χ0) is 15.3. The van der Waals surface area contributed by atoms with E-state index in [4.69, 9.17) is 4.74 Å². The maximum absolute atomic E-state index is 11.7. The molecule has 112 valence electrons. The standard InChI is InChI=1S/C13H21N3O4/c1-13(2,3)20-12(18)14-10(11(17)19-5)8-9-6-7-16(4)15-9/h6-7,10H,8H2,1-5H3,(H,14,18)/t10-/m0/s1. The SMILES string of the molecule is COC(=O)[C@H](Cc1ccn(C)n1)NC(=O)OC(C)(C)C. The predicted octanol–water partition coefficient (Wildman–Crippen LogP) is 1.03. The van der Waals surface area contributed by atoms with Crippen LogP contribution in [-0.4, -0.2) is 40.6 Å². The average Bonchev–Trinajstić information content (AvgIpc) is 2.70. The Morgan fingerprint density at radius 3 is 2.55 bits per heavy atom. The van der Waals surface area contributed by atoms with Crippen molar-refractivity contribution >= 4 is 12.1 Å². The molecule has 1 atom stereocenters.